The van der Waals surface area contributed by atoms with E-state index in [2.05, 4.69) is 10.2 Å². The van der Waals surface area contributed by atoms with E-state index in [1.807, 2.05) is 0 Å². The Balaban J connectivity index is 3.03. The molecule has 0 fully saturated rings. The van der Waals surface area contributed by atoms with E-state index in [4.69, 9.17) is 5.11 Å². The monoisotopic (exact) mass is 263 g/mol. The Labute approximate surface area is 101 Å². The number of halogens is 3. The maximum Gasteiger partial charge on any atom is 0.435 e. The first-order valence-corrected chi connectivity index (χ1v) is 4.95. The summed E-state index contributed by atoms with van der Waals surface area (Å²) in [6.07, 6.45) is -4.56. The van der Waals surface area contributed by atoms with Gasteiger partial charge in [-0.2, -0.15) is 13.2 Å². The van der Waals surface area contributed by atoms with E-state index in [-0.39, 0.29) is 5.82 Å². The fourth-order valence-corrected chi connectivity index (χ4v) is 1.09. The van der Waals surface area contributed by atoms with Crippen LogP contribution in [0.5, 0.6) is 0 Å². The molecule has 0 aliphatic heterocycles. The van der Waals surface area contributed by atoms with Crippen LogP contribution in [0.3, 0.4) is 0 Å². The Morgan fingerprint density at radius 1 is 1.28 bits per heavy atom. The lowest BCUT2D eigenvalue weighted by atomic mass is 10.0. The van der Waals surface area contributed by atoms with Crippen molar-refractivity contribution in [3.05, 3.63) is 17.8 Å². The van der Waals surface area contributed by atoms with Gasteiger partial charge in [0.25, 0.3) is 0 Å². The molecule has 5 nitrogen and oxygen atoms in total. The number of carboxylic acids is 1. The van der Waals surface area contributed by atoms with Gasteiger partial charge in [0.05, 0.1) is 0 Å². The van der Waals surface area contributed by atoms with E-state index in [1.165, 1.54) is 25.8 Å². The predicted molar refractivity (Wildman–Crippen MR) is 57.2 cm³/mol. The van der Waals surface area contributed by atoms with Gasteiger partial charge in [-0.1, -0.05) is 0 Å². The smallest absolute Gasteiger partial charge is 0.435 e. The van der Waals surface area contributed by atoms with Crippen LogP contribution in [0.25, 0.3) is 0 Å². The number of likely N-dealkylation sites (N-methyl/N-ethyl adjacent to an activating group) is 1. The minimum Gasteiger partial charge on any atom is -0.480 e. The molecule has 1 N–H and O–H groups in total. The van der Waals surface area contributed by atoms with E-state index >= 15 is 0 Å². The number of carbonyl (C=O) groups is 1. The second-order valence-electron chi connectivity index (χ2n) is 4.20. The molecule has 0 radical (unpaired) electrons. The molecular weight excluding hydrogens is 251 g/mol. The average Bonchev–Trinajstić information content (AvgIpc) is 2.26. The topological polar surface area (TPSA) is 66.3 Å². The van der Waals surface area contributed by atoms with Crippen LogP contribution < -0.4 is 4.90 Å². The number of alkyl halides is 3. The van der Waals surface area contributed by atoms with Crippen LogP contribution in [-0.4, -0.2) is 33.9 Å². The third kappa shape index (κ3) is 2.69. The number of nitrogens with zero attached hydrogens (tertiary/aromatic N) is 3. The first kappa shape index (κ1) is 14.2. The minimum absolute atomic E-state index is 0.0513. The molecule has 0 aliphatic rings. The average molecular weight is 263 g/mol. The Kier molecular flexibility index (Phi) is 3.50. The van der Waals surface area contributed by atoms with Crippen LogP contribution in [0.2, 0.25) is 0 Å². The van der Waals surface area contributed by atoms with E-state index in [0.717, 1.165) is 12.1 Å². The molecule has 0 aromatic carbocycles. The summed E-state index contributed by atoms with van der Waals surface area (Å²) < 4.78 is 36.8. The summed E-state index contributed by atoms with van der Waals surface area (Å²) in [5, 5.41) is 15.4. The molecule has 1 rings (SSSR count). The lowest BCUT2D eigenvalue weighted by molar-refractivity contribution is -0.143. The Morgan fingerprint density at radius 2 is 1.83 bits per heavy atom. The number of carboxylic acid groups (broad SMARTS) is 1. The molecule has 0 unspecified atom stereocenters. The summed E-state index contributed by atoms with van der Waals surface area (Å²) in [7, 11) is 1.42. The van der Waals surface area contributed by atoms with Crippen molar-refractivity contribution < 1.29 is 23.1 Å². The second-order valence-corrected chi connectivity index (χ2v) is 4.20. The van der Waals surface area contributed by atoms with Gasteiger partial charge in [-0.25, -0.2) is 4.79 Å². The molecular formula is C10H12F3N3O2. The first-order valence-electron chi connectivity index (χ1n) is 4.95. The van der Waals surface area contributed by atoms with E-state index in [9.17, 15) is 18.0 Å². The molecule has 0 atom stereocenters. The number of anilines is 1. The fourth-order valence-electron chi connectivity index (χ4n) is 1.09. The second kappa shape index (κ2) is 4.43. The van der Waals surface area contributed by atoms with Gasteiger partial charge in [0.2, 0.25) is 0 Å². The number of aromatic nitrogens is 2. The van der Waals surface area contributed by atoms with Crippen molar-refractivity contribution in [3.8, 4) is 0 Å². The molecule has 0 amide bonds. The van der Waals surface area contributed by atoms with Gasteiger partial charge in [-0.15, -0.1) is 10.2 Å². The highest BCUT2D eigenvalue weighted by Crippen LogP contribution is 2.28. The zero-order chi connectivity index (χ0) is 14.1. The first-order chi connectivity index (χ1) is 8.06. The van der Waals surface area contributed by atoms with Crippen molar-refractivity contribution in [1.29, 1.82) is 0 Å². The highest BCUT2D eigenvalue weighted by molar-refractivity contribution is 5.81. The van der Waals surface area contributed by atoms with Crippen molar-refractivity contribution in [2.45, 2.75) is 25.6 Å². The maximum absolute atomic E-state index is 12.3. The van der Waals surface area contributed by atoms with Gasteiger partial charge in [0.1, 0.15) is 5.54 Å². The van der Waals surface area contributed by atoms with Gasteiger partial charge in [0.15, 0.2) is 11.5 Å². The zero-order valence-corrected chi connectivity index (χ0v) is 9.99. The SMILES string of the molecule is CN(c1ccc(C(F)(F)F)nn1)C(C)(C)C(=O)O. The quantitative estimate of drug-likeness (QED) is 0.900. The number of hydrogen-bond donors (Lipinski definition) is 1. The van der Waals surface area contributed by atoms with Crippen molar-refractivity contribution in [1.82, 2.24) is 10.2 Å². The van der Waals surface area contributed by atoms with Gasteiger partial charge in [-0.3, -0.25) is 0 Å². The summed E-state index contributed by atoms with van der Waals surface area (Å²) in [5.41, 5.74) is -2.41. The van der Waals surface area contributed by atoms with Gasteiger partial charge >= 0.3 is 12.1 Å². The molecule has 0 saturated heterocycles. The summed E-state index contributed by atoms with van der Waals surface area (Å²) in [6.45, 7) is 2.82. The van der Waals surface area contributed by atoms with Crippen LogP contribution in [0.4, 0.5) is 19.0 Å². The molecule has 100 valence electrons. The lowest BCUT2D eigenvalue weighted by Crippen LogP contribution is -2.48. The van der Waals surface area contributed by atoms with Gasteiger partial charge < -0.3 is 10.0 Å². The minimum atomic E-state index is -4.56. The summed E-state index contributed by atoms with van der Waals surface area (Å²) in [4.78, 5) is 12.2. The lowest BCUT2D eigenvalue weighted by Gasteiger charge is -2.32. The highest BCUT2D eigenvalue weighted by atomic mass is 19.4. The number of aliphatic carboxylic acids is 1. The largest absolute Gasteiger partial charge is 0.480 e. The Bertz CT molecular complexity index is 443. The Morgan fingerprint density at radius 3 is 2.17 bits per heavy atom. The van der Waals surface area contributed by atoms with Crippen LogP contribution in [0.15, 0.2) is 12.1 Å². The molecule has 1 aromatic heterocycles. The van der Waals surface area contributed by atoms with Crippen LogP contribution >= 0.6 is 0 Å². The van der Waals surface area contributed by atoms with E-state index < -0.39 is 23.4 Å². The third-order valence-corrected chi connectivity index (χ3v) is 2.65. The summed E-state index contributed by atoms with van der Waals surface area (Å²) in [5.74, 6) is -1.07. The number of hydrogen-bond acceptors (Lipinski definition) is 4. The van der Waals surface area contributed by atoms with Crippen LogP contribution in [0, 0.1) is 0 Å². The molecule has 0 bridgehead atoms. The molecule has 0 spiro atoms. The van der Waals surface area contributed by atoms with Crippen LogP contribution in [0.1, 0.15) is 19.5 Å². The third-order valence-electron chi connectivity index (χ3n) is 2.65. The van der Waals surface area contributed by atoms with Crippen molar-refractivity contribution in [3.63, 3.8) is 0 Å². The van der Waals surface area contributed by atoms with E-state index in [0.29, 0.717) is 0 Å². The molecule has 18 heavy (non-hydrogen) atoms. The number of rotatable bonds is 3. The Hall–Kier alpha value is -1.86. The van der Waals surface area contributed by atoms with Crippen LogP contribution in [-0.2, 0) is 11.0 Å². The highest BCUT2D eigenvalue weighted by Gasteiger charge is 2.35. The molecule has 1 heterocycles. The van der Waals surface area contributed by atoms with E-state index in [1.54, 1.807) is 0 Å². The molecule has 0 saturated carbocycles. The molecule has 1 aromatic rings. The summed E-state index contributed by atoms with van der Waals surface area (Å²) >= 11 is 0. The van der Waals surface area contributed by atoms with Crippen molar-refractivity contribution in [2.24, 2.45) is 0 Å². The van der Waals surface area contributed by atoms with Crippen molar-refractivity contribution >= 4 is 11.8 Å². The predicted octanol–water partition coefficient (Wildman–Crippen LogP) is 1.79. The maximum atomic E-state index is 12.3. The normalized spacial score (nSPS) is 12.3. The van der Waals surface area contributed by atoms with Gasteiger partial charge in [-0.05, 0) is 26.0 Å². The zero-order valence-electron chi connectivity index (χ0n) is 9.99. The fraction of sp³-hybridized carbons (Fsp3) is 0.500. The standard InChI is InChI=1S/C10H12F3N3O2/c1-9(2,8(17)18)16(3)7-5-4-6(14-15-7)10(11,12)13/h4-5H,1-3H3,(H,17,18). The van der Waals surface area contributed by atoms with Gasteiger partial charge in [0, 0.05) is 7.05 Å². The molecule has 0 aliphatic carbocycles. The van der Waals surface area contributed by atoms with Crippen molar-refractivity contribution in [2.75, 3.05) is 11.9 Å². The summed E-state index contributed by atoms with van der Waals surface area (Å²) in [6, 6.07) is 1.84. The molecule has 8 heteroatoms.